The van der Waals surface area contributed by atoms with Crippen molar-refractivity contribution >= 4 is 0 Å². The molecule has 0 spiro atoms. The molecule has 0 saturated carbocycles. The van der Waals surface area contributed by atoms with Crippen molar-refractivity contribution in [2.45, 2.75) is 30.3 Å². The van der Waals surface area contributed by atoms with Crippen LogP contribution in [0.25, 0.3) is 0 Å². The first-order valence-corrected chi connectivity index (χ1v) is 5.84. The van der Waals surface area contributed by atoms with E-state index in [0.29, 0.717) is 5.75 Å². The number of hydrogen-bond acceptors (Lipinski definition) is 7. The number of para-hydroxylation sites is 1. The van der Waals surface area contributed by atoms with E-state index < -0.39 is 36.9 Å². The van der Waals surface area contributed by atoms with Gasteiger partial charge in [0.15, 0.2) is 6.10 Å². The SMILES string of the molecule is N[C@@]1(Oc2ccccc2)O[C@H](CO)[C@H](O)[C@H](O)[C@H]1O. The second-order valence-electron chi connectivity index (χ2n) is 4.40. The minimum absolute atomic E-state index is 0.323. The summed E-state index contributed by atoms with van der Waals surface area (Å²) in [7, 11) is 0. The Bertz CT molecular complexity index is 414. The molecule has 1 saturated heterocycles. The van der Waals surface area contributed by atoms with Crippen LogP contribution in [0.2, 0.25) is 0 Å². The number of benzene rings is 1. The lowest BCUT2D eigenvalue weighted by atomic mass is 9.97. The molecule has 1 aliphatic heterocycles. The van der Waals surface area contributed by atoms with Crippen LogP contribution in [-0.2, 0) is 4.74 Å². The zero-order chi connectivity index (χ0) is 14.0. The van der Waals surface area contributed by atoms with Crippen molar-refractivity contribution < 1.29 is 29.9 Å². The van der Waals surface area contributed by atoms with Crippen LogP contribution in [0, 0.1) is 0 Å². The van der Waals surface area contributed by atoms with E-state index in [-0.39, 0.29) is 0 Å². The maximum absolute atomic E-state index is 9.88. The summed E-state index contributed by atoms with van der Waals surface area (Å²) in [6, 6.07) is 8.35. The number of aliphatic hydroxyl groups is 4. The molecule has 6 N–H and O–H groups in total. The minimum Gasteiger partial charge on any atom is -0.447 e. The normalized spacial score (nSPS) is 39.0. The summed E-state index contributed by atoms with van der Waals surface area (Å²) < 4.78 is 10.5. The second-order valence-corrected chi connectivity index (χ2v) is 4.40. The minimum atomic E-state index is -2.05. The monoisotopic (exact) mass is 271 g/mol. The molecule has 2 rings (SSSR count). The van der Waals surface area contributed by atoms with Crippen molar-refractivity contribution in [1.29, 1.82) is 0 Å². The van der Waals surface area contributed by atoms with Crippen LogP contribution in [0.3, 0.4) is 0 Å². The fourth-order valence-corrected chi connectivity index (χ4v) is 1.92. The van der Waals surface area contributed by atoms with Gasteiger partial charge in [0, 0.05) is 0 Å². The van der Waals surface area contributed by atoms with Crippen LogP contribution < -0.4 is 10.5 Å². The molecule has 0 amide bonds. The first-order valence-electron chi connectivity index (χ1n) is 5.84. The average molecular weight is 271 g/mol. The molecule has 106 valence electrons. The van der Waals surface area contributed by atoms with E-state index in [1.54, 1.807) is 30.3 Å². The maximum atomic E-state index is 9.88. The van der Waals surface area contributed by atoms with Crippen LogP contribution >= 0.6 is 0 Å². The number of aliphatic hydroxyl groups excluding tert-OH is 4. The molecule has 5 atom stereocenters. The van der Waals surface area contributed by atoms with Gasteiger partial charge in [-0.2, -0.15) is 0 Å². The molecule has 1 heterocycles. The highest BCUT2D eigenvalue weighted by atomic mass is 16.7. The molecule has 0 aromatic heterocycles. The second kappa shape index (κ2) is 5.41. The molecule has 1 aromatic carbocycles. The first-order chi connectivity index (χ1) is 8.98. The molecular formula is C12H17NO6. The largest absolute Gasteiger partial charge is 0.447 e. The average Bonchev–Trinajstić information content (AvgIpc) is 2.42. The van der Waals surface area contributed by atoms with Gasteiger partial charge in [-0.1, -0.05) is 18.2 Å². The lowest BCUT2D eigenvalue weighted by molar-refractivity contribution is -0.335. The van der Waals surface area contributed by atoms with Crippen molar-refractivity contribution in [2.24, 2.45) is 5.73 Å². The highest BCUT2D eigenvalue weighted by molar-refractivity contribution is 5.22. The summed E-state index contributed by atoms with van der Waals surface area (Å²) in [5, 5.41) is 38.3. The van der Waals surface area contributed by atoms with Crippen LogP contribution in [0.1, 0.15) is 0 Å². The van der Waals surface area contributed by atoms with E-state index in [2.05, 4.69) is 0 Å². The fraction of sp³-hybridized carbons (Fsp3) is 0.500. The topological polar surface area (TPSA) is 125 Å². The van der Waals surface area contributed by atoms with E-state index in [1.165, 1.54) is 0 Å². The van der Waals surface area contributed by atoms with Gasteiger partial charge in [0.2, 0.25) is 0 Å². The maximum Gasteiger partial charge on any atom is 0.298 e. The van der Waals surface area contributed by atoms with Crippen molar-refractivity contribution in [2.75, 3.05) is 6.61 Å². The summed E-state index contributed by atoms with van der Waals surface area (Å²) in [6.07, 6.45) is -5.84. The predicted molar refractivity (Wildman–Crippen MR) is 64.0 cm³/mol. The lowest BCUT2D eigenvalue weighted by Gasteiger charge is -2.45. The highest BCUT2D eigenvalue weighted by Crippen LogP contribution is 2.28. The molecule has 0 unspecified atom stereocenters. The molecule has 1 fully saturated rings. The Kier molecular flexibility index (Phi) is 4.04. The zero-order valence-corrected chi connectivity index (χ0v) is 10.1. The van der Waals surface area contributed by atoms with Gasteiger partial charge in [0.1, 0.15) is 24.1 Å². The summed E-state index contributed by atoms with van der Waals surface area (Å²) in [4.78, 5) is 0. The van der Waals surface area contributed by atoms with Gasteiger partial charge in [0.25, 0.3) is 5.91 Å². The zero-order valence-electron chi connectivity index (χ0n) is 10.1. The Labute approximate surface area is 109 Å². The number of nitrogens with two attached hydrogens (primary N) is 1. The molecule has 19 heavy (non-hydrogen) atoms. The smallest absolute Gasteiger partial charge is 0.298 e. The van der Waals surface area contributed by atoms with Crippen LogP contribution in [0.5, 0.6) is 5.75 Å². The molecule has 1 aliphatic rings. The standard InChI is InChI=1S/C12H17NO6/c13-12(18-7-4-2-1-3-5-7)11(17)10(16)9(15)8(6-14)19-12/h1-5,8-11,14-17H,6,13H2/t8-,9+,10+,11-,12+/m1/s1. The van der Waals surface area contributed by atoms with E-state index in [0.717, 1.165) is 0 Å². The summed E-state index contributed by atoms with van der Waals surface area (Å²) >= 11 is 0. The summed E-state index contributed by atoms with van der Waals surface area (Å²) in [5.74, 6) is -1.72. The van der Waals surface area contributed by atoms with Crippen molar-refractivity contribution in [1.82, 2.24) is 0 Å². The predicted octanol–water partition coefficient (Wildman–Crippen LogP) is -1.85. The number of rotatable bonds is 3. The molecular weight excluding hydrogens is 254 g/mol. The Hall–Kier alpha value is -1.22. The van der Waals surface area contributed by atoms with E-state index in [1.807, 2.05) is 0 Å². The van der Waals surface area contributed by atoms with Gasteiger partial charge in [-0.25, -0.2) is 0 Å². The van der Waals surface area contributed by atoms with Gasteiger partial charge in [-0.05, 0) is 12.1 Å². The van der Waals surface area contributed by atoms with Gasteiger partial charge in [-0.15, -0.1) is 0 Å². The van der Waals surface area contributed by atoms with Gasteiger partial charge >= 0.3 is 0 Å². The summed E-state index contributed by atoms with van der Waals surface area (Å²) in [6.45, 7) is -0.567. The fourth-order valence-electron chi connectivity index (χ4n) is 1.92. The van der Waals surface area contributed by atoms with Crippen molar-refractivity contribution in [3.05, 3.63) is 30.3 Å². The first kappa shape index (κ1) is 14.2. The Morgan fingerprint density at radius 1 is 1.16 bits per heavy atom. The molecule has 0 bridgehead atoms. The molecule has 7 heteroatoms. The number of hydrogen-bond donors (Lipinski definition) is 5. The molecule has 7 nitrogen and oxygen atoms in total. The number of ether oxygens (including phenoxy) is 2. The Morgan fingerprint density at radius 2 is 1.79 bits per heavy atom. The van der Waals surface area contributed by atoms with Gasteiger partial charge in [-0.3, -0.25) is 5.73 Å². The third-order valence-electron chi connectivity index (χ3n) is 3.00. The highest BCUT2D eigenvalue weighted by Gasteiger charge is 2.53. The Morgan fingerprint density at radius 3 is 2.37 bits per heavy atom. The third kappa shape index (κ3) is 2.71. The van der Waals surface area contributed by atoms with E-state index in [9.17, 15) is 15.3 Å². The van der Waals surface area contributed by atoms with Crippen molar-refractivity contribution in [3.63, 3.8) is 0 Å². The van der Waals surface area contributed by atoms with Gasteiger partial charge < -0.3 is 29.9 Å². The molecule has 0 aliphatic carbocycles. The summed E-state index contributed by atoms with van der Waals surface area (Å²) in [5.41, 5.74) is 5.78. The molecule has 0 radical (unpaired) electrons. The van der Waals surface area contributed by atoms with E-state index in [4.69, 9.17) is 20.3 Å². The van der Waals surface area contributed by atoms with E-state index >= 15 is 0 Å². The quantitative estimate of drug-likeness (QED) is 0.409. The molecule has 1 aromatic rings. The lowest BCUT2D eigenvalue weighted by Crippen LogP contribution is -2.71. The third-order valence-corrected chi connectivity index (χ3v) is 3.00. The Balaban J connectivity index is 2.21. The van der Waals surface area contributed by atoms with Crippen LogP contribution in [0.15, 0.2) is 30.3 Å². The van der Waals surface area contributed by atoms with Crippen LogP contribution in [0.4, 0.5) is 0 Å². The van der Waals surface area contributed by atoms with Gasteiger partial charge in [0.05, 0.1) is 6.61 Å². The van der Waals surface area contributed by atoms with Crippen molar-refractivity contribution in [3.8, 4) is 5.75 Å². The van der Waals surface area contributed by atoms with Crippen LogP contribution in [-0.4, -0.2) is 57.4 Å².